The Labute approximate surface area is 182 Å². The molecule has 2 aromatic rings. The standard InChI is InChI=1S/C24H29NO6/c1-17(21(26)29-16-19-13-9-6-10-14-19)30-22(27)20(15-18-11-7-5-8-12-18)25-23(28)31-24(2,3)4/h5-14,17,20H,15-16H2,1-4H3,(H,25,28). The largest absolute Gasteiger partial charge is 0.458 e. The van der Waals surface area contributed by atoms with Crippen molar-refractivity contribution in [2.24, 2.45) is 0 Å². The first kappa shape index (κ1) is 23.9. The van der Waals surface area contributed by atoms with Gasteiger partial charge in [0, 0.05) is 6.42 Å². The van der Waals surface area contributed by atoms with Crippen LogP contribution >= 0.6 is 0 Å². The molecule has 7 nitrogen and oxygen atoms in total. The SMILES string of the molecule is CC(OC(=O)C(Cc1ccccc1)NC(=O)OC(C)(C)C)C(=O)OCc1ccccc1. The molecule has 7 heteroatoms. The first-order chi connectivity index (χ1) is 14.6. The lowest BCUT2D eigenvalue weighted by molar-refractivity contribution is -0.168. The second-order valence-corrected chi connectivity index (χ2v) is 8.06. The molecule has 0 radical (unpaired) electrons. The van der Waals surface area contributed by atoms with Gasteiger partial charge in [-0.25, -0.2) is 14.4 Å². The second-order valence-electron chi connectivity index (χ2n) is 8.06. The summed E-state index contributed by atoms with van der Waals surface area (Å²) in [7, 11) is 0. The molecular weight excluding hydrogens is 398 g/mol. The Hall–Kier alpha value is -3.35. The molecule has 0 aromatic heterocycles. The van der Waals surface area contributed by atoms with Gasteiger partial charge >= 0.3 is 18.0 Å². The van der Waals surface area contributed by atoms with Gasteiger partial charge in [0.1, 0.15) is 18.2 Å². The van der Waals surface area contributed by atoms with Gasteiger partial charge in [0.05, 0.1) is 0 Å². The summed E-state index contributed by atoms with van der Waals surface area (Å²) in [6.45, 7) is 6.68. The minimum atomic E-state index is -1.13. The lowest BCUT2D eigenvalue weighted by Crippen LogP contribution is -2.46. The molecular formula is C24H29NO6. The van der Waals surface area contributed by atoms with E-state index in [2.05, 4.69) is 5.32 Å². The topological polar surface area (TPSA) is 90.9 Å². The van der Waals surface area contributed by atoms with E-state index in [9.17, 15) is 14.4 Å². The first-order valence-electron chi connectivity index (χ1n) is 10.1. The van der Waals surface area contributed by atoms with E-state index in [1.165, 1.54) is 6.92 Å². The van der Waals surface area contributed by atoms with E-state index in [4.69, 9.17) is 14.2 Å². The van der Waals surface area contributed by atoms with E-state index < -0.39 is 35.8 Å². The van der Waals surface area contributed by atoms with Crippen LogP contribution in [0.1, 0.15) is 38.8 Å². The zero-order chi connectivity index (χ0) is 22.9. The Morgan fingerprint density at radius 3 is 1.97 bits per heavy atom. The molecule has 166 valence electrons. The van der Waals surface area contributed by atoms with Crippen LogP contribution < -0.4 is 5.32 Å². The number of carbonyl (C=O) groups excluding carboxylic acids is 3. The average Bonchev–Trinajstić information content (AvgIpc) is 2.71. The lowest BCUT2D eigenvalue weighted by Gasteiger charge is -2.23. The Bertz CT molecular complexity index is 861. The summed E-state index contributed by atoms with van der Waals surface area (Å²) in [5.74, 6) is -1.42. The third kappa shape index (κ3) is 8.90. The van der Waals surface area contributed by atoms with Crippen LogP contribution in [-0.2, 0) is 36.8 Å². The van der Waals surface area contributed by atoms with Crippen LogP contribution in [0.2, 0.25) is 0 Å². The van der Waals surface area contributed by atoms with Crippen molar-refractivity contribution in [1.82, 2.24) is 5.32 Å². The van der Waals surface area contributed by atoms with Crippen molar-refractivity contribution >= 4 is 18.0 Å². The number of rotatable bonds is 8. The Kier molecular flexibility index (Phi) is 8.61. The minimum Gasteiger partial charge on any atom is -0.458 e. The Morgan fingerprint density at radius 2 is 1.42 bits per heavy atom. The van der Waals surface area contributed by atoms with E-state index in [1.54, 1.807) is 20.8 Å². The highest BCUT2D eigenvalue weighted by molar-refractivity contribution is 5.84. The third-order valence-corrected chi connectivity index (χ3v) is 4.11. The molecule has 0 heterocycles. The average molecular weight is 427 g/mol. The zero-order valence-corrected chi connectivity index (χ0v) is 18.3. The number of alkyl carbamates (subject to hydrolysis) is 1. The highest BCUT2D eigenvalue weighted by Gasteiger charge is 2.29. The summed E-state index contributed by atoms with van der Waals surface area (Å²) >= 11 is 0. The number of carbonyl (C=O) groups is 3. The number of ether oxygens (including phenoxy) is 3. The molecule has 2 atom stereocenters. The van der Waals surface area contributed by atoms with Crippen molar-refractivity contribution in [3.05, 3.63) is 71.8 Å². The van der Waals surface area contributed by atoms with Crippen molar-refractivity contribution < 1.29 is 28.6 Å². The fraction of sp³-hybridized carbons (Fsp3) is 0.375. The normalized spacial score (nSPS) is 12.9. The third-order valence-electron chi connectivity index (χ3n) is 4.11. The van der Waals surface area contributed by atoms with Crippen LogP contribution in [0.25, 0.3) is 0 Å². The number of benzene rings is 2. The monoisotopic (exact) mass is 427 g/mol. The first-order valence-corrected chi connectivity index (χ1v) is 10.1. The molecule has 0 aliphatic heterocycles. The molecule has 1 amide bonds. The van der Waals surface area contributed by atoms with Crippen molar-refractivity contribution in [1.29, 1.82) is 0 Å². The van der Waals surface area contributed by atoms with Crippen molar-refractivity contribution in [2.75, 3.05) is 0 Å². The minimum absolute atomic E-state index is 0.0746. The van der Waals surface area contributed by atoms with Crippen molar-refractivity contribution in [2.45, 2.75) is 58.5 Å². The summed E-state index contributed by atoms with van der Waals surface area (Å²) in [5, 5.41) is 2.54. The van der Waals surface area contributed by atoms with Gasteiger partial charge in [0.25, 0.3) is 0 Å². The summed E-state index contributed by atoms with van der Waals surface area (Å²) in [6, 6.07) is 17.3. The molecule has 0 saturated heterocycles. The number of nitrogens with one attached hydrogen (secondary N) is 1. The fourth-order valence-electron chi connectivity index (χ4n) is 2.64. The van der Waals surface area contributed by atoms with Gasteiger partial charge in [0.15, 0.2) is 6.10 Å². The number of esters is 2. The molecule has 2 rings (SSSR count). The van der Waals surface area contributed by atoms with Crippen LogP contribution in [0.4, 0.5) is 4.79 Å². The second kappa shape index (κ2) is 11.2. The predicted octanol–water partition coefficient (Wildman–Crippen LogP) is 3.80. The molecule has 31 heavy (non-hydrogen) atoms. The number of hydrogen-bond acceptors (Lipinski definition) is 6. The highest BCUT2D eigenvalue weighted by Crippen LogP contribution is 2.11. The Balaban J connectivity index is 1.99. The number of hydrogen-bond donors (Lipinski definition) is 1. The van der Waals surface area contributed by atoms with E-state index in [-0.39, 0.29) is 13.0 Å². The predicted molar refractivity (Wildman–Crippen MR) is 115 cm³/mol. The van der Waals surface area contributed by atoms with E-state index >= 15 is 0 Å². The van der Waals surface area contributed by atoms with E-state index in [1.807, 2.05) is 60.7 Å². The van der Waals surface area contributed by atoms with Gasteiger partial charge in [-0.3, -0.25) is 0 Å². The molecule has 0 spiro atoms. The van der Waals surface area contributed by atoms with Crippen molar-refractivity contribution in [3.63, 3.8) is 0 Å². The molecule has 0 aliphatic carbocycles. The maximum atomic E-state index is 12.7. The Morgan fingerprint density at radius 1 is 0.871 bits per heavy atom. The van der Waals surface area contributed by atoms with E-state index in [0.717, 1.165) is 11.1 Å². The molecule has 2 unspecified atom stereocenters. The summed E-state index contributed by atoms with van der Waals surface area (Å²) < 4.78 is 15.7. The van der Waals surface area contributed by atoms with Gasteiger partial charge in [-0.05, 0) is 38.8 Å². The molecule has 0 fully saturated rings. The smallest absolute Gasteiger partial charge is 0.408 e. The van der Waals surface area contributed by atoms with Crippen LogP contribution in [0.3, 0.4) is 0 Å². The van der Waals surface area contributed by atoms with E-state index in [0.29, 0.717) is 0 Å². The highest BCUT2D eigenvalue weighted by atomic mass is 16.6. The molecule has 0 bridgehead atoms. The van der Waals surface area contributed by atoms with Crippen LogP contribution in [0.15, 0.2) is 60.7 Å². The molecule has 2 aromatic carbocycles. The molecule has 1 N–H and O–H groups in total. The summed E-state index contributed by atoms with van der Waals surface area (Å²) in [6.07, 6.45) is -1.69. The summed E-state index contributed by atoms with van der Waals surface area (Å²) in [5.41, 5.74) is 0.919. The zero-order valence-electron chi connectivity index (χ0n) is 18.3. The quantitative estimate of drug-likeness (QED) is 0.509. The maximum absolute atomic E-state index is 12.7. The van der Waals surface area contributed by atoms with Gasteiger partial charge < -0.3 is 19.5 Å². The fourth-order valence-corrected chi connectivity index (χ4v) is 2.64. The number of amides is 1. The van der Waals surface area contributed by atoms with Crippen LogP contribution in [-0.4, -0.2) is 35.8 Å². The van der Waals surface area contributed by atoms with Gasteiger partial charge in [-0.1, -0.05) is 60.7 Å². The maximum Gasteiger partial charge on any atom is 0.408 e. The lowest BCUT2D eigenvalue weighted by atomic mass is 10.1. The van der Waals surface area contributed by atoms with Crippen molar-refractivity contribution in [3.8, 4) is 0 Å². The van der Waals surface area contributed by atoms with Crippen LogP contribution in [0.5, 0.6) is 0 Å². The molecule has 0 aliphatic rings. The molecule has 0 saturated carbocycles. The van der Waals surface area contributed by atoms with Gasteiger partial charge in [0.2, 0.25) is 0 Å². The van der Waals surface area contributed by atoms with Gasteiger partial charge in [-0.15, -0.1) is 0 Å². The van der Waals surface area contributed by atoms with Crippen LogP contribution in [0, 0.1) is 0 Å². The summed E-state index contributed by atoms with van der Waals surface area (Å²) in [4.78, 5) is 37.2. The van der Waals surface area contributed by atoms with Gasteiger partial charge in [-0.2, -0.15) is 0 Å².